The zero-order valence-electron chi connectivity index (χ0n) is 15.5. The second kappa shape index (κ2) is 9.11. The lowest BCUT2D eigenvalue weighted by Crippen LogP contribution is -2.30. The smallest absolute Gasteiger partial charge is 0.265 e. The molecule has 0 fully saturated rings. The van der Waals surface area contributed by atoms with Crippen LogP contribution in [0.25, 0.3) is 0 Å². The summed E-state index contributed by atoms with van der Waals surface area (Å²) in [5.41, 5.74) is 2.74. The first kappa shape index (κ1) is 18.8. The van der Waals surface area contributed by atoms with Gasteiger partial charge in [0, 0.05) is 11.8 Å². The Morgan fingerprint density at radius 1 is 1.12 bits per heavy atom. The van der Waals surface area contributed by atoms with E-state index in [0.29, 0.717) is 12.3 Å². The predicted octanol–water partition coefficient (Wildman–Crippen LogP) is 4.89. The molecule has 0 radical (unpaired) electrons. The van der Waals surface area contributed by atoms with Crippen molar-refractivity contribution in [1.82, 2.24) is 0 Å². The summed E-state index contributed by atoms with van der Waals surface area (Å²) in [6, 6.07) is 13.4. The Balaban J connectivity index is 1.98. The number of anilines is 1. The fourth-order valence-electron chi connectivity index (χ4n) is 2.46. The van der Waals surface area contributed by atoms with E-state index in [1.54, 1.807) is 6.92 Å². The summed E-state index contributed by atoms with van der Waals surface area (Å²) in [6.45, 7) is 8.51. The van der Waals surface area contributed by atoms with E-state index in [9.17, 15) is 4.79 Å². The van der Waals surface area contributed by atoms with Crippen molar-refractivity contribution < 1.29 is 14.3 Å². The maximum Gasteiger partial charge on any atom is 0.265 e. The molecule has 0 aliphatic rings. The number of nitrogens with one attached hydrogen (secondary N) is 1. The van der Waals surface area contributed by atoms with Crippen LogP contribution in [0.3, 0.4) is 0 Å². The molecule has 0 saturated carbocycles. The molecule has 0 aromatic heterocycles. The van der Waals surface area contributed by atoms with Gasteiger partial charge in [-0.2, -0.15) is 0 Å². The van der Waals surface area contributed by atoms with E-state index in [0.717, 1.165) is 35.5 Å². The third kappa shape index (κ3) is 5.52. The number of unbranched alkanes of at least 4 members (excludes halogenated alkanes) is 1. The topological polar surface area (TPSA) is 47.6 Å². The molecule has 2 aromatic carbocycles. The Hall–Kier alpha value is -2.49. The van der Waals surface area contributed by atoms with Gasteiger partial charge >= 0.3 is 0 Å². The summed E-state index contributed by atoms with van der Waals surface area (Å²) in [5, 5.41) is 2.89. The highest BCUT2D eigenvalue weighted by molar-refractivity contribution is 5.94. The van der Waals surface area contributed by atoms with E-state index in [4.69, 9.17) is 9.47 Å². The maximum absolute atomic E-state index is 12.4. The molecule has 1 amide bonds. The lowest BCUT2D eigenvalue weighted by Gasteiger charge is -2.18. The summed E-state index contributed by atoms with van der Waals surface area (Å²) in [4.78, 5) is 12.4. The number of carbonyl (C=O) groups is 1. The third-order valence-corrected chi connectivity index (χ3v) is 3.94. The SMILES string of the molecule is CCCCOc1cccc(NC(=O)C(C)Oc2c(C)cccc2C)c1. The highest BCUT2D eigenvalue weighted by Gasteiger charge is 2.17. The molecule has 1 unspecified atom stereocenters. The molecule has 0 aliphatic carbocycles. The Morgan fingerprint density at radius 3 is 2.48 bits per heavy atom. The Morgan fingerprint density at radius 2 is 1.80 bits per heavy atom. The highest BCUT2D eigenvalue weighted by Crippen LogP contribution is 2.24. The normalized spacial score (nSPS) is 11.7. The number of amides is 1. The molecule has 134 valence electrons. The summed E-state index contributed by atoms with van der Waals surface area (Å²) in [7, 11) is 0. The summed E-state index contributed by atoms with van der Waals surface area (Å²) in [5.74, 6) is 1.34. The second-order valence-corrected chi connectivity index (χ2v) is 6.20. The summed E-state index contributed by atoms with van der Waals surface area (Å²) in [6.07, 6.45) is 1.50. The minimum Gasteiger partial charge on any atom is -0.494 e. The molecule has 1 N–H and O–H groups in total. The molecule has 0 spiro atoms. The van der Waals surface area contributed by atoms with Crippen LogP contribution in [0.1, 0.15) is 37.8 Å². The lowest BCUT2D eigenvalue weighted by atomic mass is 10.1. The minimum absolute atomic E-state index is 0.187. The number of aryl methyl sites for hydroxylation is 2. The summed E-state index contributed by atoms with van der Waals surface area (Å²) < 4.78 is 11.5. The van der Waals surface area contributed by atoms with Gasteiger partial charge in [0.2, 0.25) is 0 Å². The Bertz CT molecular complexity index is 692. The van der Waals surface area contributed by atoms with Gasteiger partial charge < -0.3 is 14.8 Å². The van der Waals surface area contributed by atoms with Crippen LogP contribution in [-0.4, -0.2) is 18.6 Å². The molecular weight excluding hydrogens is 314 g/mol. The van der Waals surface area contributed by atoms with E-state index in [1.807, 2.05) is 56.3 Å². The number of ether oxygens (including phenoxy) is 2. The van der Waals surface area contributed by atoms with Crippen molar-refractivity contribution in [1.29, 1.82) is 0 Å². The average Bonchev–Trinajstić information content (AvgIpc) is 2.58. The monoisotopic (exact) mass is 341 g/mol. The number of benzene rings is 2. The second-order valence-electron chi connectivity index (χ2n) is 6.20. The van der Waals surface area contributed by atoms with Gasteiger partial charge in [-0.3, -0.25) is 4.79 Å². The first-order valence-corrected chi connectivity index (χ1v) is 8.78. The van der Waals surface area contributed by atoms with Crippen molar-refractivity contribution in [3.8, 4) is 11.5 Å². The van der Waals surface area contributed by atoms with E-state index < -0.39 is 6.10 Å². The van der Waals surface area contributed by atoms with Gasteiger partial charge in [-0.05, 0) is 50.5 Å². The predicted molar refractivity (Wildman–Crippen MR) is 101 cm³/mol. The van der Waals surface area contributed by atoms with Crippen molar-refractivity contribution in [3.63, 3.8) is 0 Å². The summed E-state index contributed by atoms with van der Waals surface area (Å²) >= 11 is 0. The van der Waals surface area contributed by atoms with Crippen molar-refractivity contribution in [2.24, 2.45) is 0 Å². The van der Waals surface area contributed by atoms with Crippen molar-refractivity contribution in [2.45, 2.75) is 46.6 Å². The zero-order valence-corrected chi connectivity index (χ0v) is 15.5. The van der Waals surface area contributed by atoms with Crippen LogP contribution in [0, 0.1) is 13.8 Å². The molecule has 4 heteroatoms. The Kier molecular flexibility index (Phi) is 6.87. The van der Waals surface area contributed by atoms with E-state index in [1.165, 1.54) is 0 Å². The molecule has 0 aliphatic heterocycles. The third-order valence-electron chi connectivity index (χ3n) is 3.94. The molecule has 0 bridgehead atoms. The van der Waals surface area contributed by atoms with Crippen LogP contribution in [-0.2, 0) is 4.79 Å². The van der Waals surface area contributed by atoms with Gasteiger partial charge in [-0.1, -0.05) is 37.6 Å². The molecule has 25 heavy (non-hydrogen) atoms. The van der Waals surface area contributed by atoms with Gasteiger partial charge in [-0.15, -0.1) is 0 Å². The fraction of sp³-hybridized carbons (Fsp3) is 0.381. The van der Waals surface area contributed by atoms with Crippen molar-refractivity contribution in [3.05, 3.63) is 53.6 Å². The molecule has 2 rings (SSSR count). The minimum atomic E-state index is -0.593. The number of carbonyl (C=O) groups excluding carboxylic acids is 1. The van der Waals surface area contributed by atoms with Gasteiger partial charge in [0.1, 0.15) is 11.5 Å². The number of hydrogen-bond donors (Lipinski definition) is 1. The molecule has 4 nitrogen and oxygen atoms in total. The average molecular weight is 341 g/mol. The molecule has 2 aromatic rings. The van der Waals surface area contributed by atoms with Crippen LogP contribution in [0.15, 0.2) is 42.5 Å². The molecule has 0 saturated heterocycles. The van der Waals surface area contributed by atoms with Crippen LogP contribution in [0.5, 0.6) is 11.5 Å². The quantitative estimate of drug-likeness (QED) is 0.696. The molecule has 0 heterocycles. The van der Waals surface area contributed by atoms with E-state index >= 15 is 0 Å². The molecule has 1 atom stereocenters. The largest absolute Gasteiger partial charge is 0.494 e. The van der Waals surface area contributed by atoms with E-state index in [2.05, 4.69) is 12.2 Å². The van der Waals surface area contributed by atoms with Crippen LogP contribution >= 0.6 is 0 Å². The van der Waals surface area contributed by atoms with Gasteiger partial charge in [0.05, 0.1) is 6.61 Å². The Labute approximate surface area is 150 Å². The van der Waals surface area contributed by atoms with Crippen molar-refractivity contribution in [2.75, 3.05) is 11.9 Å². The zero-order chi connectivity index (χ0) is 18.2. The van der Waals surface area contributed by atoms with Gasteiger partial charge in [0.15, 0.2) is 6.10 Å². The van der Waals surface area contributed by atoms with Gasteiger partial charge in [0.25, 0.3) is 5.91 Å². The highest BCUT2D eigenvalue weighted by atomic mass is 16.5. The van der Waals surface area contributed by atoms with Crippen LogP contribution in [0.2, 0.25) is 0 Å². The number of hydrogen-bond acceptors (Lipinski definition) is 3. The molecular formula is C21H27NO3. The van der Waals surface area contributed by atoms with E-state index in [-0.39, 0.29) is 5.91 Å². The maximum atomic E-state index is 12.4. The first-order chi connectivity index (χ1) is 12.0. The van der Waals surface area contributed by atoms with Crippen LogP contribution in [0.4, 0.5) is 5.69 Å². The van der Waals surface area contributed by atoms with Crippen LogP contribution < -0.4 is 14.8 Å². The first-order valence-electron chi connectivity index (χ1n) is 8.78. The number of para-hydroxylation sites is 1. The lowest BCUT2D eigenvalue weighted by molar-refractivity contribution is -0.122. The standard InChI is InChI=1S/C21H27NO3/c1-5-6-13-24-19-12-8-11-18(14-19)22-21(23)17(4)25-20-15(2)9-7-10-16(20)3/h7-12,14,17H,5-6,13H2,1-4H3,(H,22,23). The van der Waals surface area contributed by atoms with Crippen molar-refractivity contribution >= 4 is 11.6 Å². The number of rotatable bonds is 8. The van der Waals surface area contributed by atoms with Gasteiger partial charge in [-0.25, -0.2) is 0 Å². The fourth-order valence-corrected chi connectivity index (χ4v) is 2.46.